The van der Waals surface area contributed by atoms with E-state index >= 15 is 0 Å². The predicted octanol–water partition coefficient (Wildman–Crippen LogP) is 2.02. The summed E-state index contributed by atoms with van der Waals surface area (Å²) >= 11 is 3.02. The Morgan fingerprint density at radius 3 is 2.64 bits per heavy atom. The lowest BCUT2D eigenvalue weighted by atomic mass is 10.4. The molecule has 0 amide bonds. The summed E-state index contributed by atoms with van der Waals surface area (Å²) in [6, 6.07) is 1.61. The van der Waals surface area contributed by atoms with E-state index in [1.807, 2.05) is 0 Å². The van der Waals surface area contributed by atoms with E-state index in [4.69, 9.17) is 5.26 Å². The Morgan fingerprint density at radius 1 is 1.50 bits per heavy atom. The first kappa shape index (κ1) is 10.8. The smallest absolute Gasteiger partial charge is 0.388 e. The van der Waals surface area contributed by atoms with E-state index in [1.54, 1.807) is 13.0 Å². The number of aryl methyl sites for hydroxylation is 1. The zero-order valence-electron chi connectivity index (χ0n) is 6.96. The molecule has 1 heterocycles. The van der Waals surface area contributed by atoms with E-state index in [1.165, 1.54) is 0 Å². The summed E-state index contributed by atoms with van der Waals surface area (Å²) in [4.78, 5) is 7.33. The number of hydrogen-bond donors (Lipinski definition) is 0. The third kappa shape index (κ3) is 2.35. The first-order chi connectivity index (χ1) is 6.54. The Hall–Kier alpha value is -1.29. The average Bonchev–Trinajstić information content (AvgIpc) is 2.10. The highest BCUT2D eigenvalue weighted by molar-refractivity contribution is 9.10. The van der Waals surface area contributed by atoms with Gasteiger partial charge in [0, 0.05) is 0 Å². The van der Waals surface area contributed by atoms with E-state index < -0.39 is 12.5 Å². The molecule has 0 radical (unpaired) electrons. The highest BCUT2D eigenvalue weighted by Gasteiger charge is 2.14. The van der Waals surface area contributed by atoms with Gasteiger partial charge in [-0.25, -0.2) is 9.97 Å². The summed E-state index contributed by atoms with van der Waals surface area (Å²) in [6.45, 7) is -1.46. The van der Waals surface area contributed by atoms with Crippen molar-refractivity contribution in [1.82, 2.24) is 9.97 Å². The minimum Gasteiger partial charge on any atom is -0.414 e. The van der Waals surface area contributed by atoms with E-state index in [2.05, 4.69) is 30.6 Å². The molecule has 0 N–H and O–H groups in total. The van der Waals surface area contributed by atoms with Crippen molar-refractivity contribution in [3.8, 4) is 11.9 Å². The van der Waals surface area contributed by atoms with Crippen LogP contribution in [0.1, 0.15) is 11.4 Å². The van der Waals surface area contributed by atoms with Crippen LogP contribution in [0, 0.1) is 18.3 Å². The molecule has 0 unspecified atom stereocenters. The second-order valence-corrected chi connectivity index (χ2v) is 3.00. The van der Waals surface area contributed by atoms with Crippen LogP contribution in [0.25, 0.3) is 0 Å². The highest BCUT2D eigenvalue weighted by Crippen LogP contribution is 2.20. The minimum absolute atomic E-state index is 0.275. The zero-order chi connectivity index (χ0) is 10.7. The van der Waals surface area contributed by atoms with Crippen molar-refractivity contribution < 1.29 is 13.5 Å². The van der Waals surface area contributed by atoms with E-state index in [9.17, 15) is 8.78 Å². The SMILES string of the molecule is Cc1nc(OC(F)F)c(C#N)nc1Br. The largest absolute Gasteiger partial charge is 0.414 e. The summed E-state index contributed by atoms with van der Waals surface area (Å²) in [6.07, 6.45) is 0. The van der Waals surface area contributed by atoms with Crippen LogP contribution >= 0.6 is 15.9 Å². The Bertz CT molecular complexity index is 391. The Balaban J connectivity index is 3.15. The molecule has 0 spiro atoms. The van der Waals surface area contributed by atoms with Gasteiger partial charge in [-0.1, -0.05) is 0 Å². The Morgan fingerprint density at radius 2 is 2.14 bits per heavy atom. The van der Waals surface area contributed by atoms with Crippen LogP contribution in [0.3, 0.4) is 0 Å². The topological polar surface area (TPSA) is 58.8 Å². The fourth-order valence-electron chi connectivity index (χ4n) is 0.718. The minimum atomic E-state index is -3.02. The number of nitriles is 1. The van der Waals surface area contributed by atoms with Crippen LogP contribution in [-0.4, -0.2) is 16.6 Å². The number of nitrogens with zero attached hydrogens (tertiary/aromatic N) is 3. The van der Waals surface area contributed by atoms with E-state index in [-0.39, 0.29) is 5.69 Å². The average molecular weight is 264 g/mol. The maximum atomic E-state index is 11.9. The van der Waals surface area contributed by atoms with E-state index in [0.29, 0.717) is 10.3 Å². The van der Waals surface area contributed by atoms with Crippen LogP contribution in [0.4, 0.5) is 8.78 Å². The molecule has 0 aliphatic rings. The van der Waals surface area contributed by atoms with Crippen molar-refractivity contribution in [3.63, 3.8) is 0 Å². The molecule has 0 fully saturated rings. The van der Waals surface area contributed by atoms with Gasteiger partial charge in [0.15, 0.2) is 0 Å². The standard InChI is InChI=1S/C7H4BrF2N3O/c1-3-5(8)13-4(2-11)6(12-3)14-7(9)10/h7H,1H3. The summed E-state index contributed by atoms with van der Waals surface area (Å²) in [5.74, 6) is -0.455. The summed E-state index contributed by atoms with van der Waals surface area (Å²) in [5, 5.41) is 8.55. The van der Waals surface area contributed by atoms with Gasteiger partial charge in [0.05, 0.1) is 5.69 Å². The summed E-state index contributed by atoms with van der Waals surface area (Å²) in [5.41, 5.74) is 0.0995. The fraction of sp³-hybridized carbons (Fsp3) is 0.286. The van der Waals surface area contributed by atoms with Crippen LogP contribution in [0.5, 0.6) is 5.88 Å². The van der Waals surface area contributed by atoms with Crippen LogP contribution in [0.15, 0.2) is 4.60 Å². The molecule has 1 aromatic heterocycles. The van der Waals surface area contributed by atoms with Crippen molar-refractivity contribution in [1.29, 1.82) is 5.26 Å². The van der Waals surface area contributed by atoms with Crippen molar-refractivity contribution in [2.45, 2.75) is 13.5 Å². The highest BCUT2D eigenvalue weighted by atomic mass is 79.9. The molecule has 74 valence electrons. The fourth-order valence-corrected chi connectivity index (χ4v) is 0.984. The molecule has 4 nitrogen and oxygen atoms in total. The number of hydrogen-bond acceptors (Lipinski definition) is 4. The van der Waals surface area contributed by atoms with Gasteiger partial charge in [-0.3, -0.25) is 0 Å². The van der Waals surface area contributed by atoms with Gasteiger partial charge < -0.3 is 4.74 Å². The molecule has 0 saturated heterocycles. The number of aromatic nitrogens is 2. The van der Waals surface area contributed by atoms with Gasteiger partial charge in [-0.15, -0.1) is 0 Å². The Kier molecular flexibility index (Phi) is 3.30. The first-order valence-electron chi connectivity index (χ1n) is 3.43. The number of halogens is 3. The lowest BCUT2D eigenvalue weighted by Gasteiger charge is -2.05. The zero-order valence-corrected chi connectivity index (χ0v) is 8.55. The molecule has 1 aromatic rings. The van der Waals surface area contributed by atoms with Crippen molar-refractivity contribution >= 4 is 15.9 Å². The molecule has 0 saturated carbocycles. The van der Waals surface area contributed by atoms with E-state index in [0.717, 1.165) is 0 Å². The monoisotopic (exact) mass is 263 g/mol. The number of alkyl halides is 2. The first-order valence-corrected chi connectivity index (χ1v) is 4.23. The molecule has 7 heteroatoms. The van der Waals surface area contributed by atoms with Crippen LogP contribution in [0.2, 0.25) is 0 Å². The maximum Gasteiger partial charge on any atom is 0.388 e. The lowest BCUT2D eigenvalue weighted by Crippen LogP contribution is -2.07. The summed E-state index contributed by atoms with van der Waals surface area (Å²) < 4.78 is 28.1. The molecule has 1 rings (SSSR count). The molecular formula is C7H4BrF2N3O. The molecular weight excluding hydrogens is 260 g/mol. The molecule has 0 aromatic carbocycles. The van der Waals surface area contributed by atoms with Gasteiger partial charge in [0.1, 0.15) is 10.7 Å². The Labute approximate surface area is 86.7 Å². The van der Waals surface area contributed by atoms with Gasteiger partial charge >= 0.3 is 6.61 Å². The van der Waals surface area contributed by atoms with Crippen molar-refractivity contribution in [2.24, 2.45) is 0 Å². The van der Waals surface area contributed by atoms with Gasteiger partial charge in [0.25, 0.3) is 5.88 Å². The second-order valence-electron chi connectivity index (χ2n) is 2.24. The number of ether oxygens (including phenoxy) is 1. The molecule has 0 bridgehead atoms. The normalized spacial score (nSPS) is 10.0. The molecule has 0 aliphatic heterocycles. The molecule has 0 atom stereocenters. The van der Waals surface area contributed by atoms with Crippen LogP contribution in [-0.2, 0) is 0 Å². The quantitative estimate of drug-likeness (QED) is 0.819. The predicted molar refractivity (Wildman–Crippen MR) is 45.8 cm³/mol. The third-order valence-electron chi connectivity index (χ3n) is 1.29. The van der Waals surface area contributed by atoms with Gasteiger partial charge in [-0.2, -0.15) is 14.0 Å². The van der Waals surface area contributed by atoms with Crippen LogP contribution < -0.4 is 4.74 Å². The van der Waals surface area contributed by atoms with Crippen molar-refractivity contribution in [3.05, 3.63) is 16.0 Å². The number of rotatable bonds is 2. The summed E-state index contributed by atoms with van der Waals surface area (Å²) in [7, 11) is 0. The second kappa shape index (κ2) is 4.28. The third-order valence-corrected chi connectivity index (χ3v) is 2.04. The van der Waals surface area contributed by atoms with Gasteiger partial charge in [0.2, 0.25) is 5.69 Å². The van der Waals surface area contributed by atoms with Crippen molar-refractivity contribution in [2.75, 3.05) is 0 Å². The van der Waals surface area contributed by atoms with Gasteiger partial charge in [-0.05, 0) is 22.9 Å². The maximum absolute atomic E-state index is 11.9. The lowest BCUT2D eigenvalue weighted by molar-refractivity contribution is -0.0534. The molecule has 0 aliphatic carbocycles. The molecule has 14 heavy (non-hydrogen) atoms.